The third-order valence-electron chi connectivity index (χ3n) is 6.68. The molecule has 0 spiro atoms. The zero-order chi connectivity index (χ0) is 29.6. The molecule has 0 atom stereocenters. The molecule has 0 fully saturated rings. The second-order valence-electron chi connectivity index (χ2n) is 9.64. The van der Waals surface area contributed by atoms with Gasteiger partial charge >= 0.3 is 5.97 Å². The van der Waals surface area contributed by atoms with Crippen LogP contribution in [-0.2, 0) is 30.6 Å². The standard InChI is InChI=1S/C33H36N2O4.C2H2/c1-4-26-18-20-30(21-19-26)39-25(3)35(23-32(36)37)22-28-16-14-27(15-17-28)10-9-13-31-24(2)38-33(34-31)29-11-7-5-6-8-12-29;1-2/h5-8,11,14-21H,3-4,9-10,12-13,22-23H2,1-2H3,(H,36,37);1-2H. The van der Waals surface area contributed by atoms with Gasteiger partial charge in [-0.05, 0) is 74.4 Å². The zero-order valence-electron chi connectivity index (χ0n) is 23.9. The Balaban J connectivity index is 0.00000226. The van der Waals surface area contributed by atoms with Gasteiger partial charge in [0, 0.05) is 12.1 Å². The number of ether oxygens (including phenoxy) is 1. The van der Waals surface area contributed by atoms with Crippen molar-refractivity contribution in [1.82, 2.24) is 9.88 Å². The summed E-state index contributed by atoms with van der Waals surface area (Å²) in [6.45, 7) is 8.25. The summed E-state index contributed by atoms with van der Waals surface area (Å²) in [5.41, 5.74) is 5.51. The van der Waals surface area contributed by atoms with Gasteiger partial charge in [-0.3, -0.25) is 4.79 Å². The number of oxazole rings is 1. The van der Waals surface area contributed by atoms with E-state index in [2.05, 4.69) is 50.6 Å². The van der Waals surface area contributed by atoms with Crippen LogP contribution in [0, 0.1) is 19.8 Å². The molecule has 4 rings (SSSR count). The number of aliphatic carboxylic acids is 1. The number of carboxylic acid groups (broad SMARTS) is 1. The number of allylic oxidation sites excluding steroid dienone is 6. The molecule has 1 aromatic heterocycles. The third-order valence-corrected chi connectivity index (χ3v) is 6.68. The number of hydrogen-bond acceptors (Lipinski definition) is 5. The van der Waals surface area contributed by atoms with E-state index in [1.165, 1.54) is 11.1 Å². The van der Waals surface area contributed by atoms with Gasteiger partial charge < -0.3 is 19.2 Å². The van der Waals surface area contributed by atoms with Crippen LogP contribution in [-0.4, -0.2) is 27.5 Å². The van der Waals surface area contributed by atoms with E-state index in [0.29, 0.717) is 24.1 Å². The van der Waals surface area contributed by atoms with Crippen LogP contribution in [0.1, 0.15) is 53.8 Å². The van der Waals surface area contributed by atoms with Crippen molar-refractivity contribution < 1.29 is 19.1 Å². The lowest BCUT2D eigenvalue weighted by atomic mass is 10.0. The Labute approximate surface area is 243 Å². The van der Waals surface area contributed by atoms with Gasteiger partial charge in [0.15, 0.2) is 5.88 Å². The normalized spacial score (nSPS) is 12.0. The fourth-order valence-corrected chi connectivity index (χ4v) is 4.41. The van der Waals surface area contributed by atoms with E-state index in [0.717, 1.165) is 54.7 Å². The molecule has 1 aliphatic carbocycles. The Morgan fingerprint density at radius 2 is 1.71 bits per heavy atom. The minimum Gasteiger partial charge on any atom is -0.480 e. The van der Waals surface area contributed by atoms with Crippen LogP contribution >= 0.6 is 0 Å². The summed E-state index contributed by atoms with van der Waals surface area (Å²) in [6.07, 6.45) is 22.7. The number of terminal acetylenes is 1. The average Bonchev–Trinajstić information content (AvgIpc) is 3.16. The summed E-state index contributed by atoms with van der Waals surface area (Å²) in [4.78, 5) is 17.9. The molecule has 0 saturated carbocycles. The first kappa shape index (κ1) is 30.8. The molecular formula is C35H38N2O4. The Morgan fingerprint density at radius 3 is 2.39 bits per heavy atom. The minimum absolute atomic E-state index is 0.198. The van der Waals surface area contributed by atoms with Crippen LogP contribution in [0.2, 0.25) is 0 Å². The number of benzene rings is 2. The fourth-order valence-electron chi connectivity index (χ4n) is 4.41. The molecule has 3 aromatic rings. The SMILES string of the molecule is C#C.C=C(Oc1ccc(CC)cc1)N(CC(=O)O)Cc1ccc(CCCc2nc(C3=CC=CC=CC3)oc2C)cc1. The van der Waals surface area contributed by atoms with Crippen molar-refractivity contribution in [2.45, 2.75) is 52.5 Å². The van der Waals surface area contributed by atoms with E-state index in [4.69, 9.17) is 14.1 Å². The quantitative estimate of drug-likeness (QED) is 0.178. The van der Waals surface area contributed by atoms with Crippen molar-refractivity contribution >= 4 is 11.5 Å². The molecule has 6 heteroatoms. The lowest BCUT2D eigenvalue weighted by Crippen LogP contribution is -2.30. The lowest BCUT2D eigenvalue weighted by molar-refractivity contribution is -0.138. The largest absolute Gasteiger partial charge is 0.480 e. The average molecular weight is 551 g/mol. The van der Waals surface area contributed by atoms with Crippen molar-refractivity contribution in [1.29, 1.82) is 0 Å². The minimum atomic E-state index is -0.938. The number of carboxylic acids is 1. The molecule has 0 saturated heterocycles. The Bertz CT molecular complexity index is 1410. The molecule has 0 amide bonds. The van der Waals surface area contributed by atoms with Crippen LogP contribution < -0.4 is 4.74 Å². The summed E-state index contributed by atoms with van der Waals surface area (Å²) in [5, 5.41) is 9.43. The molecule has 41 heavy (non-hydrogen) atoms. The molecular weight excluding hydrogens is 512 g/mol. The molecule has 212 valence electrons. The van der Waals surface area contributed by atoms with Crippen molar-refractivity contribution in [3.05, 3.63) is 125 Å². The molecule has 6 nitrogen and oxygen atoms in total. The number of aryl methyl sites for hydroxylation is 4. The molecule has 1 N–H and O–H groups in total. The summed E-state index contributed by atoms with van der Waals surface area (Å²) in [5.74, 6) is 1.59. The Morgan fingerprint density at radius 1 is 1.02 bits per heavy atom. The number of aromatic nitrogens is 1. The molecule has 0 unspecified atom stereocenters. The number of rotatable bonds is 13. The van der Waals surface area contributed by atoms with E-state index in [1.807, 2.05) is 61.5 Å². The highest BCUT2D eigenvalue weighted by atomic mass is 16.5. The predicted molar refractivity (Wildman–Crippen MR) is 164 cm³/mol. The maximum atomic E-state index is 11.5. The number of carbonyl (C=O) groups is 1. The first-order chi connectivity index (χ1) is 19.9. The van der Waals surface area contributed by atoms with Crippen LogP contribution in [0.15, 0.2) is 95.8 Å². The van der Waals surface area contributed by atoms with Crippen LogP contribution in [0.5, 0.6) is 5.75 Å². The molecule has 0 aliphatic heterocycles. The highest BCUT2D eigenvalue weighted by molar-refractivity contribution is 5.69. The van der Waals surface area contributed by atoms with Gasteiger partial charge in [0.25, 0.3) is 0 Å². The predicted octanol–water partition coefficient (Wildman–Crippen LogP) is 7.31. The Hall–Kier alpha value is -4.76. The number of nitrogens with zero attached hydrogens (tertiary/aromatic N) is 2. The highest BCUT2D eigenvalue weighted by Gasteiger charge is 2.15. The van der Waals surface area contributed by atoms with Gasteiger partial charge in [0.2, 0.25) is 5.89 Å². The third kappa shape index (κ3) is 9.44. The smallest absolute Gasteiger partial charge is 0.323 e. The van der Waals surface area contributed by atoms with E-state index < -0.39 is 5.97 Å². The summed E-state index contributed by atoms with van der Waals surface area (Å²) in [6, 6.07) is 16.0. The molecule has 1 aliphatic rings. The monoisotopic (exact) mass is 550 g/mol. The second-order valence-corrected chi connectivity index (χ2v) is 9.64. The zero-order valence-corrected chi connectivity index (χ0v) is 23.9. The van der Waals surface area contributed by atoms with Gasteiger partial charge in [-0.25, -0.2) is 4.98 Å². The van der Waals surface area contributed by atoms with Crippen molar-refractivity contribution in [3.63, 3.8) is 0 Å². The van der Waals surface area contributed by atoms with Crippen molar-refractivity contribution in [2.24, 2.45) is 0 Å². The molecule has 0 radical (unpaired) electrons. The van der Waals surface area contributed by atoms with Crippen LogP contribution in [0.4, 0.5) is 0 Å². The van der Waals surface area contributed by atoms with Gasteiger partial charge in [0.1, 0.15) is 18.1 Å². The summed E-state index contributed by atoms with van der Waals surface area (Å²) in [7, 11) is 0. The van der Waals surface area contributed by atoms with Gasteiger partial charge in [0.05, 0.1) is 5.69 Å². The molecule has 0 bridgehead atoms. The van der Waals surface area contributed by atoms with Gasteiger partial charge in [-0.2, -0.15) is 0 Å². The second kappa shape index (κ2) is 15.7. The van der Waals surface area contributed by atoms with E-state index >= 15 is 0 Å². The first-order valence-corrected chi connectivity index (χ1v) is 13.7. The fraction of sp³-hybridized carbons (Fsp3) is 0.257. The van der Waals surface area contributed by atoms with Crippen LogP contribution in [0.25, 0.3) is 5.57 Å². The highest BCUT2D eigenvalue weighted by Crippen LogP contribution is 2.24. The topological polar surface area (TPSA) is 75.8 Å². The van der Waals surface area contributed by atoms with Gasteiger partial charge in [-0.1, -0.05) is 73.7 Å². The van der Waals surface area contributed by atoms with Crippen LogP contribution in [0.3, 0.4) is 0 Å². The Kier molecular flexibility index (Phi) is 11.8. The maximum absolute atomic E-state index is 11.5. The maximum Gasteiger partial charge on any atom is 0.323 e. The summed E-state index contributed by atoms with van der Waals surface area (Å²) < 4.78 is 11.8. The first-order valence-electron chi connectivity index (χ1n) is 13.7. The lowest BCUT2D eigenvalue weighted by Gasteiger charge is -2.25. The van der Waals surface area contributed by atoms with Gasteiger partial charge in [-0.15, -0.1) is 12.8 Å². The van der Waals surface area contributed by atoms with Crippen molar-refractivity contribution in [3.8, 4) is 18.6 Å². The summed E-state index contributed by atoms with van der Waals surface area (Å²) >= 11 is 0. The van der Waals surface area contributed by atoms with E-state index in [9.17, 15) is 9.90 Å². The molecule has 2 aromatic carbocycles. The van der Waals surface area contributed by atoms with Crippen molar-refractivity contribution in [2.75, 3.05) is 6.54 Å². The molecule has 1 heterocycles. The van der Waals surface area contributed by atoms with E-state index in [1.54, 1.807) is 4.90 Å². The number of hydrogen-bond donors (Lipinski definition) is 1. The van der Waals surface area contributed by atoms with E-state index in [-0.39, 0.29) is 6.54 Å².